The van der Waals surface area contributed by atoms with Gasteiger partial charge >= 0.3 is 7.60 Å². The van der Waals surface area contributed by atoms with E-state index in [1.54, 1.807) is 32.2 Å². The molecular weight excluding hydrogens is 427 g/mol. The van der Waals surface area contributed by atoms with E-state index in [0.717, 1.165) is 21.0 Å². The van der Waals surface area contributed by atoms with Gasteiger partial charge in [0.1, 0.15) is 5.78 Å². The maximum atomic E-state index is 12.1. The molecule has 2 heterocycles. The lowest BCUT2D eigenvalue weighted by molar-refractivity contribution is -0.123. The monoisotopic (exact) mass is 450 g/mol. The molecule has 160 valence electrons. The summed E-state index contributed by atoms with van der Waals surface area (Å²) >= 11 is 1.54. The van der Waals surface area contributed by atoms with Crippen LogP contribution in [0.2, 0.25) is 0 Å². The first-order valence-corrected chi connectivity index (χ1v) is 11.9. The molecule has 0 aliphatic rings. The molecule has 1 aromatic carbocycles. The molecule has 30 heavy (non-hydrogen) atoms. The van der Waals surface area contributed by atoms with E-state index in [0.29, 0.717) is 0 Å². The lowest BCUT2D eigenvalue weighted by Gasteiger charge is -2.22. The van der Waals surface area contributed by atoms with E-state index in [2.05, 4.69) is 20.6 Å². The Bertz CT molecular complexity index is 1010. The largest absolute Gasteiger partial charge is 0.468 e. The van der Waals surface area contributed by atoms with Crippen molar-refractivity contribution in [3.05, 3.63) is 42.6 Å². The van der Waals surface area contributed by atoms with Crippen molar-refractivity contribution in [2.45, 2.75) is 26.1 Å². The quantitative estimate of drug-likeness (QED) is 0.398. The van der Waals surface area contributed by atoms with Crippen molar-refractivity contribution >= 4 is 45.9 Å². The number of rotatable bonds is 10. The van der Waals surface area contributed by atoms with Crippen LogP contribution in [-0.2, 0) is 13.9 Å². The van der Waals surface area contributed by atoms with Crippen molar-refractivity contribution in [2.24, 2.45) is 0 Å². The zero-order valence-corrected chi connectivity index (χ0v) is 18.3. The van der Waals surface area contributed by atoms with Crippen molar-refractivity contribution in [2.75, 3.05) is 18.5 Å². The van der Waals surface area contributed by atoms with E-state index in [1.807, 2.05) is 24.3 Å². The van der Waals surface area contributed by atoms with Gasteiger partial charge in [0.25, 0.3) is 5.91 Å². The standard InChI is InChI=1S/C19H23N4O5PS/c1-3-18(29(25,26)28-4-2)23-16(24)12-27-17-10-9-13(11-20-17)21-19-22-14-7-5-6-8-15(14)30-19/h5-11,18H,3-4,12H2,1-2H3,(H,21,22)(H,23,24)(H,25,26). The number of nitrogens with zero attached hydrogens (tertiary/aromatic N) is 2. The number of amides is 1. The van der Waals surface area contributed by atoms with E-state index in [9.17, 15) is 14.3 Å². The second-order valence-electron chi connectivity index (χ2n) is 6.26. The first-order valence-electron chi connectivity index (χ1n) is 9.39. The van der Waals surface area contributed by atoms with Gasteiger partial charge in [-0.2, -0.15) is 0 Å². The predicted octanol–water partition coefficient (Wildman–Crippen LogP) is 3.89. The molecule has 9 nitrogen and oxygen atoms in total. The number of nitrogens with one attached hydrogen (secondary N) is 2. The zero-order chi connectivity index (χ0) is 21.6. The Morgan fingerprint density at radius 1 is 1.27 bits per heavy atom. The maximum Gasteiger partial charge on any atom is 0.350 e. The number of thiazole rings is 1. The molecule has 0 fully saturated rings. The molecule has 2 atom stereocenters. The molecule has 2 aromatic heterocycles. The summed E-state index contributed by atoms with van der Waals surface area (Å²) in [4.78, 5) is 30.6. The van der Waals surface area contributed by atoms with Crippen molar-refractivity contribution in [1.29, 1.82) is 0 Å². The van der Waals surface area contributed by atoms with Gasteiger partial charge < -0.3 is 24.8 Å². The van der Waals surface area contributed by atoms with Gasteiger partial charge in [0.05, 0.1) is 28.7 Å². The van der Waals surface area contributed by atoms with Crippen molar-refractivity contribution in [1.82, 2.24) is 15.3 Å². The van der Waals surface area contributed by atoms with Crippen molar-refractivity contribution in [3.63, 3.8) is 0 Å². The number of hydrogen-bond donors (Lipinski definition) is 3. The summed E-state index contributed by atoms with van der Waals surface area (Å²) in [5.74, 6) is -1.26. The number of carbonyl (C=O) groups excluding carboxylic acids is 1. The third kappa shape index (κ3) is 5.76. The summed E-state index contributed by atoms with van der Waals surface area (Å²) in [6.45, 7) is 3.05. The van der Waals surface area contributed by atoms with Gasteiger partial charge in [-0.25, -0.2) is 9.97 Å². The normalized spacial score (nSPS) is 14.1. The van der Waals surface area contributed by atoms with Crippen LogP contribution in [0, 0.1) is 0 Å². The Morgan fingerprint density at radius 2 is 2.07 bits per heavy atom. The number of benzene rings is 1. The van der Waals surface area contributed by atoms with Gasteiger partial charge in [0.2, 0.25) is 5.88 Å². The summed E-state index contributed by atoms with van der Waals surface area (Å²) in [6.07, 6.45) is 1.83. The van der Waals surface area contributed by atoms with E-state index in [-0.39, 0.29) is 25.5 Å². The average molecular weight is 450 g/mol. The van der Waals surface area contributed by atoms with Crippen LogP contribution in [-0.4, -0.2) is 39.8 Å². The molecule has 3 aromatic rings. The number of pyridine rings is 1. The van der Waals surface area contributed by atoms with E-state index >= 15 is 0 Å². The molecule has 1 amide bonds. The van der Waals surface area contributed by atoms with Crippen LogP contribution < -0.4 is 15.4 Å². The number of para-hydroxylation sites is 1. The summed E-state index contributed by atoms with van der Waals surface area (Å²) in [5, 5.41) is 6.40. The van der Waals surface area contributed by atoms with Gasteiger partial charge in [-0.1, -0.05) is 30.4 Å². The number of aromatic nitrogens is 2. The molecule has 0 bridgehead atoms. The van der Waals surface area contributed by atoms with Crippen LogP contribution in [0.3, 0.4) is 0 Å². The molecule has 0 aliphatic carbocycles. The highest BCUT2D eigenvalue weighted by atomic mass is 32.1. The minimum absolute atomic E-state index is 0.0813. The summed E-state index contributed by atoms with van der Waals surface area (Å²) in [7, 11) is -3.92. The Morgan fingerprint density at radius 3 is 2.73 bits per heavy atom. The molecule has 0 saturated carbocycles. The molecular formula is C19H23N4O5PS. The van der Waals surface area contributed by atoms with Crippen LogP contribution in [0.5, 0.6) is 5.88 Å². The summed E-state index contributed by atoms with van der Waals surface area (Å²) < 4.78 is 23.4. The Labute approximate surface area is 178 Å². The van der Waals surface area contributed by atoms with E-state index in [1.165, 1.54) is 11.3 Å². The van der Waals surface area contributed by atoms with E-state index < -0.39 is 19.3 Å². The van der Waals surface area contributed by atoms with Gasteiger partial charge in [0.15, 0.2) is 11.7 Å². The van der Waals surface area contributed by atoms with Crippen LogP contribution in [0.15, 0.2) is 42.6 Å². The molecule has 3 N–H and O–H groups in total. The zero-order valence-electron chi connectivity index (χ0n) is 16.6. The number of hydrogen-bond acceptors (Lipinski definition) is 8. The predicted molar refractivity (Wildman–Crippen MR) is 116 cm³/mol. The topological polar surface area (TPSA) is 123 Å². The number of anilines is 2. The van der Waals surface area contributed by atoms with Crippen LogP contribution in [0.4, 0.5) is 10.8 Å². The van der Waals surface area contributed by atoms with E-state index in [4.69, 9.17) is 9.26 Å². The third-order valence-electron chi connectivity index (χ3n) is 4.05. The first-order chi connectivity index (χ1) is 14.4. The number of ether oxygens (including phenoxy) is 1. The molecule has 0 aliphatic heterocycles. The van der Waals surface area contributed by atoms with Crippen molar-refractivity contribution < 1.29 is 23.5 Å². The minimum Gasteiger partial charge on any atom is -0.468 e. The Hall–Kier alpha value is -2.52. The maximum absolute atomic E-state index is 12.1. The van der Waals surface area contributed by atoms with Gasteiger partial charge in [-0.3, -0.25) is 9.36 Å². The van der Waals surface area contributed by atoms with Crippen LogP contribution in [0.25, 0.3) is 10.2 Å². The second kappa shape index (κ2) is 9.99. The number of carbonyl (C=O) groups is 1. The molecule has 0 radical (unpaired) electrons. The number of fused-ring (bicyclic) bond motifs is 1. The fourth-order valence-corrected chi connectivity index (χ4v) is 4.85. The lowest BCUT2D eigenvalue weighted by Crippen LogP contribution is -2.37. The highest BCUT2D eigenvalue weighted by Crippen LogP contribution is 2.47. The fourth-order valence-electron chi connectivity index (χ4n) is 2.65. The molecule has 11 heteroatoms. The molecule has 2 unspecified atom stereocenters. The Balaban J connectivity index is 1.52. The molecule has 0 spiro atoms. The molecule has 0 saturated heterocycles. The molecule has 3 rings (SSSR count). The highest BCUT2D eigenvalue weighted by molar-refractivity contribution is 7.53. The average Bonchev–Trinajstić information content (AvgIpc) is 3.13. The van der Waals surface area contributed by atoms with Crippen molar-refractivity contribution in [3.8, 4) is 5.88 Å². The van der Waals surface area contributed by atoms with Gasteiger partial charge in [-0.05, 0) is 31.5 Å². The first kappa shape index (κ1) is 22.2. The summed E-state index contributed by atoms with van der Waals surface area (Å²) in [6, 6.07) is 11.2. The summed E-state index contributed by atoms with van der Waals surface area (Å²) in [5.41, 5.74) is 1.65. The second-order valence-corrected chi connectivity index (χ2v) is 9.30. The van der Waals surface area contributed by atoms with Gasteiger partial charge in [-0.15, -0.1) is 0 Å². The third-order valence-corrected chi connectivity index (χ3v) is 6.92. The SMILES string of the molecule is CCOP(=O)(O)C(CC)NC(=O)COc1ccc(Nc2nc3ccccc3s2)cn1. The van der Waals surface area contributed by atoms with Crippen LogP contribution in [0.1, 0.15) is 20.3 Å². The lowest BCUT2D eigenvalue weighted by atomic mass is 10.3. The smallest absolute Gasteiger partial charge is 0.350 e. The van der Waals surface area contributed by atoms with Crippen LogP contribution >= 0.6 is 18.9 Å². The minimum atomic E-state index is -3.92. The Kier molecular flexibility index (Phi) is 7.38. The fraction of sp³-hybridized carbons (Fsp3) is 0.316. The van der Waals surface area contributed by atoms with Gasteiger partial charge in [0, 0.05) is 6.07 Å². The highest BCUT2D eigenvalue weighted by Gasteiger charge is 2.32.